The van der Waals surface area contributed by atoms with Gasteiger partial charge in [-0.25, -0.2) is 0 Å². The fourth-order valence-corrected chi connectivity index (χ4v) is 3.30. The van der Waals surface area contributed by atoms with Crippen LogP contribution in [0.25, 0.3) is 0 Å². The van der Waals surface area contributed by atoms with Gasteiger partial charge < -0.3 is 4.90 Å². The molecule has 23 heavy (non-hydrogen) atoms. The minimum absolute atomic E-state index is 0.670. The van der Waals surface area contributed by atoms with Gasteiger partial charge in [-0.3, -0.25) is 4.90 Å². The van der Waals surface area contributed by atoms with E-state index in [-0.39, 0.29) is 0 Å². The van der Waals surface area contributed by atoms with E-state index in [1.165, 1.54) is 18.4 Å². The lowest BCUT2D eigenvalue weighted by Gasteiger charge is -2.35. The second kappa shape index (κ2) is 6.46. The highest BCUT2D eigenvalue weighted by Crippen LogP contribution is 2.38. The summed E-state index contributed by atoms with van der Waals surface area (Å²) in [5, 5.41) is 9.67. The predicted molar refractivity (Wildman–Crippen MR) is 92.9 cm³/mol. The summed E-state index contributed by atoms with van der Waals surface area (Å²) >= 11 is 6.26. The van der Waals surface area contributed by atoms with Gasteiger partial charge in [-0.15, -0.1) is 5.10 Å². The van der Waals surface area contributed by atoms with Gasteiger partial charge in [0.25, 0.3) is 0 Å². The Morgan fingerprint density at radius 2 is 1.74 bits per heavy atom. The Morgan fingerprint density at radius 3 is 2.39 bits per heavy atom. The molecule has 2 aliphatic rings. The average Bonchev–Trinajstić information content (AvgIpc) is 3.43. The first-order valence-corrected chi connectivity index (χ1v) is 8.72. The molecule has 0 spiro atoms. The number of nitrogens with zero attached hydrogens (tertiary/aromatic N) is 4. The molecule has 0 amide bonds. The second-order valence-electron chi connectivity index (χ2n) is 6.45. The molecule has 120 valence electrons. The number of rotatable bonds is 4. The molecule has 4 rings (SSSR count). The number of anilines is 1. The Kier molecular flexibility index (Phi) is 4.19. The minimum atomic E-state index is 0.670. The molecule has 1 aliphatic heterocycles. The number of hydrogen-bond acceptors (Lipinski definition) is 4. The molecule has 1 saturated heterocycles. The summed E-state index contributed by atoms with van der Waals surface area (Å²) in [4.78, 5) is 4.77. The van der Waals surface area contributed by atoms with E-state index in [1.54, 1.807) is 0 Å². The quantitative estimate of drug-likeness (QED) is 0.861. The van der Waals surface area contributed by atoms with Crippen molar-refractivity contribution in [1.29, 1.82) is 0 Å². The van der Waals surface area contributed by atoms with E-state index >= 15 is 0 Å². The Labute approximate surface area is 142 Å². The monoisotopic (exact) mass is 328 g/mol. The molecule has 1 aromatic heterocycles. The molecular formula is C18H21ClN4. The van der Waals surface area contributed by atoms with E-state index in [2.05, 4.69) is 44.3 Å². The highest BCUT2D eigenvalue weighted by Gasteiger charge is 2.26. The molecule has 5 heteroatoms. The van der Waals surface area contributed by atoms with E-state index in [4.69, 9.17) is 11.6 Å². The maximum absolute atomic E-state index is 6.26. The van der Waals surface area contributed by atoms with Gasteiger partial charge in [-0.2, -0.15) is 5.10 Å². The van der Waals surface area contributed by atoms with Crippen molar-refractivity contribution in [3.05, 3.63) is 52.7 Å². The zero-order valence-corrected chi connectivity index (χ0v) is 13.9. The maximum Gasteiger partial charge on any atom is 0.151 e. The molecule has 2 fully saturated rings. The number of halogens is 1. The minimum Gasteiger partial charge on any atom is -0.353 e. The maximum atomic E-state index is 6.26. The van der Waals surface area contributed by atoms with Crippen LogP contribution in [0.4, 0.5) is 5.82 Å². The highest BCUT2D eigenvalue weighted by atomic mass is 35.5. The summed E-state index contributed by atoms with van der Waals surface area (Å²) in [7, 11) is 0. The second-order valence-corrected chi connectivity index (χ2v) is 6.85. The molecule has 0 unspecified atom stereocenters. The van der Waals surface area contributed by atoms with Crippen LogP contribution in [0.5, 0.6) is 0 Å². The molecule has 1 saturated carbocycles. The molecular weight excluding hydrogens is 308 g/mol. The molecule has 4 nitrogen and oxygen atoms in total. The lowest BCUT2D eigenvalue weighted by Crippen LogP contribution is -2.46. The smallest absolute Gasteiger partial charge is 0.151 e. The van der Waals surface area contributed by atoms with Crippen molar-refractivity contribution in [3.63, 3.8) is 0 Å². The highest BCUT2D eigenvalue weighted by molar-refractivity contribution is 6.31. The molecule has 0 atom stereocenters. The number of hydrogen-bond donors (Lipinski definition) is 0. The third-order valence-electron chi connectivity index (χ3n) is 4.71. The van der Waals surface area contributed by atoms with Crippen molar-refractivity contribution in [2.45, 2.75) is 25.3 Å². The van der Waals surface area contributed by atoms with E-state index in [0.29, 0.717) is 5.92 Å². The molecule has 0 bridgehead atoms. The molecule has 2 aromatic rings. The van der Waals surface area contributed by atoms with E-state index in [0.717, 1.165) is 49.3 Å². The third kappa shape index (κ3) is 3.48. The van der Waals surface area contributed by atoms with Crippen LogP contribution in [0.2, 0.25) is 5.02 Å². The first-order valence-electron chi connectivity index (χ1n) is 8.34. The van der Waals surface area contributed by atoms with Gasteiger partial charge in [-0.1, -0.05) is 29.8 Å². The third-order valence-corrected chi connectivity index (χ3v) is 5.08. The fraction of sp³-hybridized carbons (Fsp3) is 0.444. The topological polar surface area (TPSA) is 32.3 Å². The largest absolute Gasteiger partial charge is 0.353 e. The van der Waals surface area contributed by atoms with Crippen LogP contribution >= 0.6 is 11.6 Å². The van der Waals surface area contributed by atoms with Crippen molar-refractivity contribution in [2.24, 2.45) is 0 Å². The van der Waals surface area contributed by atoms with E-state index in [9.17, 15) is 0 Å². The van der Waals surface area contributed by atoms with Crippen LogP contribution in [-0.4, -0.2) is 41.3 Å². The summed E-state index contributed by atoms with van der Waals surface area (Å²) in [6, 6.07) is 12.4. The van der Waals surface area contributed by atoms with Crippen LogP contribution in [0.15, 0.2) is 36.4 Å². The normalized spacial score (nSPS) is 19.1. The van der Waals surface area contributed by atoms with E-state index < -0.39 is 0 Å². The standard InChI is InChI=1S/C18H21ClN4/c19-16-4-2-1-3-15(16)13-22-9-11-23(12-10-22)18-8-7-17(20-21-18)14-5-6-14/h1-4,7-8,14H,5-6,9-13H2. The first kappa shape index (κ1) is 14.9. The van der Waals surface area contributed by atoms with Crippen LogP contribution in [0.3, 0.4) is 0 Å². The van der Waals surface area contributed by atoms with Crippen LogP contribution in [0.1, 0.15) is 30.0 Å². The van der Waals surface area contributed by atoms with Crippen molar-refractivity contribution in [3.8, 4) is 0 Å². The van der Waals surface area contributed by atoms with Crippen LogP contribution in [-0.2, 0) is 6.54 Å². The van der Waals surface area contributed by atoms with Gasteiger partial charge in [0.05, 0.1) is 5.69 Å². The molecule has 0 N–H and O–H groups in total. The predicted octanol–water partition coefficient (Wildman–Crippen LogP) is 3.33. The number of benzene rings is 1. The Balaban J connectivity index is 1.34. The van der Waals surface area contributed by atoms with Gasteiger partial charge in [0.1, 0.15) is 0 Å². The Morgan fingerprint density at radius 1 is 0.957 bits per heavy atom. The lowest BCUT2D eigenvalue weighted by atomic mass is 10.2. The SMILES string of the molecule is Clc1ccccc1CN1CCN(c2ccc(C3CC3)nn2)CC1. The Bertz CT molecular complexity index is 661. The number of piperazine rings is 1. The lowest BCUT2D eigenvalue weighted by molar-refractivity contribution is 0.249. The molecule has 0 radical (unpaired) electrons. The summed E-state index contributed by atoms with van der Waals surface area (Å²) in [5.74, 6) is 1.68. The first-order chi connectivity index (χ1) is 11.3. The van der Waals surface area contributed by atoms with Crippen molar-refractivity contribution in [1.82, 2.24) is 15.1 Å². The summed E-state index contributed by atoms with van der Waals surface area (Å²) in [6.07, 6.45) is 2.55. The van der Waals surface area contributed by atoms with E-state index in [1.807, 2.05) is 12.1 Å². The number of aromatic nitrogens is 2. The molecule has 1 aromatic carbocycles. The fourth-order valence-electron chi connectivity index (χ4n) is 3.10. The van der Waals surface area contributed by atoms with Gasteiger partial charge in [0.2, 0.25) is 0 Å². The summed E-state index contributed by atoms with van der Waals surface area (Å²) < 4.78 is 0. The zero-order chi connectivity index (χ0) is 15.6. The zero-order valence-electron chi connectivity index (χ0n) is 13.2. The molecule has 1 aliphatic carbocycles. The van der Waals surface area contributed by atoms with Crippen molar-refractivity contribution in [2.75, 3.05) is 31.1 Å². The van der Waals surface area contributed by atoms with Gasteiger partial charge >= 0.3 is 0 Å². The molecule has 2 heterocycles. The van der Waals surface area contributed by atoms with Crippen molar-refractivity contribution >= 4 is 17.4 Å². The van der Waals surface area contributed by atoms with Crippen LogP contribution in [0, 0.1) is 0 Å². The van der Waals surface area contributed by atoms with Gasteiger partial charge in [-0.05, 0) is 36.6 Å². The Hall–Kier alpha value is -1.65. The average molecular weight is 329 g/mol. The van der Waals surface area contributed by atoms with Crippen LogP contribution < -0.4 is 4.90 Å². The summed E-state index contributed by atoms with van der Waals surface area (Å²) in [6.45, 7) is 4.94. The van der Waals surface area contributed by atoms with Crippen molar-refractivity contribution < 1.29 is 0 Å². The van der Waals surface area contributed by atoms with Gasteiger partial charge in [0, 0.05) is 43.7 Å². The van der Waals surface area contributed by atoms with Gasteiger partial charge in [0.15, 0.2) is 5.82 Å². The summed E-state index contributed by atoms with van der Waals surface area (Å²) in [5.41, 5.74) is 2.36.